The van der Waals surface area contributed by atoms with Crippen LogP contribution in [0, 0.1) is 0 Å². The van der Waals surface area contributed by atoms with Crippen molar-refractivity contribution in [1.82, 2.24) is 14.9 Å². The summed E-state index contributed by atoms with van der Waals surface area (Å²) in [6, 6.07) is 14.7. The van der Waals surface area contributed by atoms with E-state index in [1.54, 1.807) is 23.0 Å². The first-order valence-corrected chi connectivity index (χ1v) is 8.37. The Morgan fingerprint density at radius 1 is 1.13 bits per heavy atom. The normalized spacial score (nSPS) is 11.2. The molecule has 0 aliphatic carbocycles. The first kappa shape index (κ1) is 15.6. The van der Waals surface area contributed by atoms with Crippen LogP contribution >= 0.6 is 23.4 Å². The van der Waals surface area contributed by atoms with Gasteiger partial charge in [-0.05, 0) is 12.3 Å². The number of phenols is 1. The standard InChI is InChI=1S/C16H13ClN4OS/c1-23-16-20-19-15(11-6-3-2-4-7-11)21(16)18-10-12-8-5-9-13(22)14(12)17/h2-10,22H,1H3. The number of halogens is 1. The largest absolute Gasteiger partial charge is 0.506 e. The average molecular weight is 345 g/mol. The second kappa shape index (κ2) is 6.85. The van der Waals surface area contributed by atoms with Crippen LogP contribution in [0.4, 0.5) is 0 Å². The molecule has 1 heterocycles. The SMILES string of the molecule is CSc1nnc(-c2ccccc2)n1N=Cc1cccc(O)c1Cl. The number of hydrogen-bond acceptors (Lipinski definition) is 5. The minimum absolute atomic E-state index is 0.0211. The summed E-state index contributed by atoms with van der Waals surface area (Å²) in [5.41, 5.74) is 1.53. The molecular formula is C16H13ClN4OS. The highest BCUT2D eigenvalue weighted by atomic mass is 35.5. The van der Waals surface area contributed by atoms with Gasteiger partial charge in [-0.15, -0.1) is 10.2 Å². The number of nitrogens with zero attached hydrogens (tertiary/aromatic N) is 4. The Bertz CT molecular complexity index is 849. The van der Waals surface area contributed by atoms with E-state index in [4.69, 9.17) is 11.6 Å². The zero-order valence-electron chi connectivity index (χ0n) is 12.2. The maximum absolute atomic E-state index is 9.66. The van der Waals surface area contributed by atoms with Crippen molar-refractivity contribution in [1.29, 1.82) is 0 Å². The fraction of sp³-hybridized carbons (Fsp3) is 0.0625. The van der Waals surface area contributed by atoms with E-state index >= 15 is 0 Å². The molecule has 23 heavy (non-hydrogen) atoms. The van der Waals surface area contributed by atoms with Crippen LogP contribution in [0.1, 0.15) is 5.56 Å². The Morgan fingerprint density at radius 2 is 1.91 bits per heavy atom. The van der Waals surface area contributed by atoms with Gasteiger partial charge in [0.1, 0.15) is 5.75 Å². The lowest BCUT2D eigenvalue weighted by Gasteiger charge is -2.04. The topological polar surface area (TPSA) is 63.3 Å². The van der Waals surface area contributed by atoms with E-state index in [-0.39, 0.29) is 10.8 Å². The summed E-state index contributed by atoms with van der Waals surface area (Å²) in [6.07, 6.45) is 3.49. The molecule has 0 aliphatic heterocycles. The van der Waals surface area contributed by atoms with Gasteiger partial charge in [-0.3, -0.25) is 0 Å². The minimum atomic E-state index is 0.0211. The summed E-state index contributed by atoms with van der Waals surface area (Å²) in [4.78, 5) is 0. The molecule has 116 valence electrons. The van der Waals surface area contributed by atoms with E-state index in [0.717, 1.165) is 5.56 Å². The molecule has 3 aromatic rings. The monoisotopic (exact) mass is 344 g/mol. The van der Waals surface area contributed by atoms with Crippen molar-refractivity contribution in [2.24, 2.45) is 5.10 Å². The Labute approximate surface area is 142 Å². The molecule has 1 N–H and O–H groups in total. The van der Waals surface area contributed by atoms with Gasteiger partial charge in [-0.1, -0.05) is 65.8 Å². The van der Waals surface area contributed by atoms with Gasteiger partial charge in [0, 0.05) is 11.1 Å². The fourth-order valence-corrected chi connectivity index (χ4v) is 2.62. The second-order valence-corrected chi connectivity index (χ2v) is 5.76. The number of hydrogen-bond donors (Lipinski definition) is 1. The van der Waals surface area contributed by atoms with Crippen molar-refractivity contribution in [3.8, 4) is 17.1 Å². The van der Waals surface area contributed by atoms with Gasteiger partial charge in [-0.2, -0.15) is 9.78 Å². The maximum Gasteiger partial charge on any atom is 0.212 e. The summed E-state index contributed by atoms with van der Waals surface area (Å²) in [6.45, 7) is 0. The molecule has 0 saturated carbocycles. The van der Waals surface area contributed by atoms with Crippen LogP contribution in [0.3, 0.4) is 0 Å². The summed E-state index contributed by atoms with van der Waals surface area (Å²) in [5, 5.41) is 23.4. The fourth-order valence-electron chi connectivity index (χ4n) is 2.02. The molecule has 0 radical (unpaired) electrons. The van der Waals surface area contributed by atoms with Crippen molar-refractivity contribution >= 4 is 29.6 Å². The van der Waals surface area contributed by atoms with Gasteiger partial charge in [-0.25, -0.2) is 0 Å². The van der Waals surface area contributed by atoms with Gasteiger partial charge < -0.3 is 5.11 Å². The molecule has 1 aromatic heterocycles. The van der Waals surface area contributed by atoms with Gasteiger partial charge in [0.15, 0.2) is 5.82 Å². The van der Waals surface area contributed by atoms with Crippen molar-refractivity contribution in [3.05, 3.63) is 59.1 Å². The third-order valence-corrected chi connectivity index (χ3v) is 4.18. The average Bonchev–Trinajstić information content (AvgIpc) is 3.00. The number of aromatic hydroxyl groups is 1. The van der Waals surface area contributed by atoms with Gasteiger partial charge in [0.25, 0.3) is 0 Å². The van der Waals surface area contributed by atoms with E-state index in [2.05, 4.69) is 15.3 Å². The highest BCUT2D eigenvalue weighted by molar-refractivity contribution is 7.98. The number of aromatic nitrogens is 3. The molecule has 0 unspecified atom stereocenters. The molecule has 0 fully saturated rings. The molecular weight excluding hydrogens is 332 g/mol. The van der Waals surface area contributed by atoms with Crippen LogP contribution in [0.2, 0.25) is 5.02 Å². The third kappa shape index (κ3) is 3.23. The first-order chi connectivity index (χ1) is 11.2. The summed E-state index contributed by atoms with van der Waals surface area (Å²) in [7, 11) is 0. The lowest BCUT2D eigenvalue weighted by Crippen LogP contribution is -1.96. The van der Waals surface area contributed by atoms with Crippen LogP contribution in [0.5, 0.6) is 5.75 Å². The summed E-state index contributed by atoms with van der Waals surface area (Å²) >= 11 is 7.52. The second-order valence-electron chi connectivity index (χ2n) is 4.61. The van der Waals surface area contributed by atoms with E-state index < -0.39 is 0 Å². The quantitative estimate of drug-likeness (QED) is 0.575. The number of rotatable bonds is 4. The summed E-state index contributed by atoms with van der Waals surface area (Å²) in [5.74, 6) is 0.662. The zero-order valence-corrected chi connectivity index (χ0v) is 13.8. The van der Waals surface area contributed by atoms with Crippen molar-refractivity contribution in [3.63, 3.8) is 0 Å². The highest BCUT2D eigenvalue weighted by Crippen LogP contribution is 2.26. The molecule has 2 aromatic carbocycles. The lowest BCUT2D eigenvalue weighted by atomic mass is 10.2. The van der Waals surface area contributed by atoms with Gasteiger partial charge in [0.2, 0.25) is 5.16 Å². The Kier molecular flexibility index (Phi) is 4.64. The third-order valence-electron chi connectivity index (χ3n) is 3.15. The Hall–Kier alpha value is -2.31. The minimum Gasteiger partial charge on any atom is -0.506 e. The smallest absolute Gasteiger partial charge is 0.212 e. The van der Waals surface area contributed by atoms with Crippen molar-refractivity contribution < 1.29 is 5.11 Å². The van der Waals surface area contributed by atoms with E-state index in [1.165, 1.54) is 17.8 Å². The van der Waals surface area contributed by atoms with E-state index in [1.807, 2.05) is 36.6 Å². The first-order valence-electron chi connectivity index (χ1n) is 6.77. The number of thioether (sulfide) groups is 1. The molecule has 0 bridgehead atoms. The molecule has 7 heteroatoms. The van der Waals surface area contributed by atoms with Crippen molar-refractivity contribution in [2.75, 3.05) is 6.26 Å². The Balaban J connectivity index is 2.04. The van der Waals surface area contributed by atoms with Crippen LogP contribution in [0.25, 0.3) is 11.4 Å². The molecule has 0 atom stereocenters. The molecule has 0 aliphatic rings. The Morgan fingerprint density at radius 3 is 2.65 bits per heavy atom. The zero-order chi connectivity index (χ0) is 16.2. The molecule has 0 amide bonds. The van der Waals surface area contributed by atoms with Crippen LogP contribution in [-0.4, -0.2) is 32.5 Å². The summed E-state index contributed by atoms with van der Waals surface area (Å²) < 4.78 is 1.65. The van der Waals surface area contributed by atoms with Gasteiger partial charge in [0.05, 0.1) is 11.2 Å². The predicted octanol–water partition coefficient (Wildman–Crippen LogP) is 3.91. The molecule has 0 spiro atoms. The van der Waals surface area contributed by atoms with E-state index in [9.17, 15) is 5.11 Å². The lowest BCUT2D eigenvalue weighted by molar-refractivity contribution is 0.475. The van der Waals surface area contributed by atoms with E-state index in [0.29, 0.717) is 16.5 Å². The van der Waals surface area contributed by atoms with Crippen LogP contribution in [0.15, 0.2) is 58.8 Å². The number of benzene rings is 2. The highest BCUT2D eigenvalue weighted by Gasteiger charge is 2.12. The molecule has 0 saturated heterocycles. The number of phenolic OH excluding ortho intramolecular Hbond substituents is 1. The molecule has 5 nitrogen and oxygen atoms in total. The van der Waals surface area contributed by atoms with Crippen molar-refractivity contribution in [2.45, 2.75) is 5.16 Å². The van der Waals surface area contributed by atoms with Gasteiger partial charge >= 0.3 is 0 Å². The maximum atomic E-state index is 9.66. The molecule has 3 rings (SSSR count). The predicted molar refractivity (Wildman–Crippen MR) is 93.3 cm³/mol. The van der Waals surface area contributed by atoms with Crippen LogP contribution < -0.4 is 0 Å². The van der Waals surface area contributed by atoms with Crippen LogP contribution in [-0.2, 0) is 0 Å².